The molecule has 0 unspecified atom stereocenters. The predicted octanol–water partition coefficient (Wildman–Crippen LogP) is 2.59. The molecule has 0 spiro atoms. The first-order chi connectivity index (χ1) is 10.6. The summed E-state index contributed by atoms with van der Waals surface area (Å²) in [5, 5.41) is 17.6. The fourth-order valence-electron chi connectivity index (χ4n) is 2.61. The van der Waals surface area contributed by atoms with Gasteiger partial charge in [-0.25, -0.2) is 9.59 Å². The zero-order valence-corrected chi connectivity index (χ0v) is 12.2. The number of likely N-dealkylation sites (tertiary alicyclic amines) is 1. The van der Waals surface area contributed by atoms with E-state index in [4.69, 9.17) is 19.8 Å². The van der Waals surface area contributed by atoms with E-state index in [1.54, 1.807) is 0 Å². The second-order valence-electron chi connectivity index (χ2n) is 5.23. The van der Waals surface area contributed by atoms with Gasteiger partial charge in [-0.3, -0.25) is 4.90 Å². The summed E-state index contributed by atoms with van der Waals surface area (Å²) in [6.07, 6.45) is 2.73. The SMILES string of the molecule is O=C(O)C(=O)O.c1ccc2c(CN3CCCC3)cccc2c1. The molecule has 5 nitrogen and oxygen atoms in total. The van der Waals surface area contributed by atoms with E-state index in [-0.39, 0.29) is 0 Å². The third-order valence-corrected chi connectivity index (χ3v) is 3.66. The molecule has 1 aliphatic rings. The lowest BCUT2D eigenvalue weighted by Crippen LogP contribution is -2.18. The van der Waals surface area contributed by atoms with E-state index in [1.165, 1.54) is 42.3 Å². The number of fused-ring (bicyclic) bond motifs is 1. The van der Waals surface area contributed by atoms with Gasteiger partial charge < -0.3 is 10.2 Å². The molecule has 22 heavy (non-hydrogen) atoms. The standard InChI is InChI=1S/C15H17N.C2H2O4/c1-2-9-15-13(6-1)7-5-8-14(15)12-16-10-3-4-11-16;3-1(4)2(5)6/h1-2,5-9H,3-4,10-12H2;(H,3,4)(H,5,6). The largest absolute Gasteiger partial charge is 0.473 e. The molecule has 1 heterocycles. The van der Waals surface area contributed by atoms with Gasteiger partial charge >= 0.3 is 11.9 Å². The summed E-state index contributed by atoms with van der Waals surface area (Å²) in [6, 6.07) is 15.3. The highest BCUT2D eigenvalue weighted by atomic mass is 16.4. The minimum absolute atomic E-state index is 1.11. The van der Waals surface area contributed by atoms with E-state index in [9.17, 15) is 0 Å². The van der Waals surface area contributed by atoms with Crippen LogP contribution in [-0.2, 0) is 16.1 Å². The van der Waals surface area contributed by atoms with Gasteiger partial charge in [0, 0.05) is 6.54 Å². The lowest BCUT2D eigenvalue weighted by molar-refractivity contribution is -0.159. The number of hydrogen-bond donors (Lipinski definition) is 2. The van der Waals surface area contributed by atoms with Crippen molar-refractivity contribution in [2.24, 2.45) is 0 Å². The number of carbonyl (C=O) groups is 2. The molecule has 0 aromatic heterocycles. The topological polar surface area (TPSA) is 77.8 Å². The van der Waals surface area contributed by atoms with Gasteiger partial charge in [-0.2, -0.15) is 0 Å². The Hall–Kier alpha value is -2.40. The summed E-state index contributed by atoms with van der Waals surface area (Å²) in [6.45, 7) is 3.65. The van der Waals surface area contributed by atoms with Crippen molar-refractivity contribution in [2.45, 2.75) is 19.4 Å². The molecule has 0 aliphatic carbocycles. The van der Waals surface area contributed by atoms with Crippen molar-refractivity contribution in [2.75, 3.05) is 13.1 Å². The van der Waals surface area contributed by atoms with E-state index in [1.807, 2.05) is 0 Å². The molecule has 0 amide bonds. The Bertz CT molecular complexity index is 645. The number of hydrogen-bond acceptors (Lipinski definition) is 3. The zero-order valence-electron chi connectivity index (χ0n) is 12.2. The van der Waals surface area contributed by atoms with Crippen LogP contribution >= 0.6 is 0 Å². The van der Waals surface area contributed by atoms with Gasteiger partial charge in [0.05, 0.1) is 0 Å². The van der Waals surface area contributed by atoms with Crippen LogP contribution in [0.3, 0.4) is 0 Å². The molecule has 2 aromatic rings. The van der Waals surface area contributed by atoms with Gasteiger partial charge in [-0.05, 0) is 42.3 Å². The summed E-state index contributed by atoms with van der Waals surface area (Å²) in [7, 11) is 0. The molecule has 1 aliphatic heterocycles. The smallest absolute Gasteiger partial charge is 0.414 e. The minimum atomic E-state index is -1.82. The molecule has 0 bridgehead atoms. The first kappa shape index (κ1) is 16.0. The fourth-order valence-corrected chi connectivity index (χ4v) is 2.61. The second kappa shape index (κ2) is 7.56. The maximum absolute atomic E-state index is 9.10. The van der Waals surface area contributed by atoms with E-state index >= 15 is 0 Å². The summed E-state index contributed by atoms with van der Waals surface area (Å²) < 4.78 is 0. The van der Waals surface area contributed by atoms with E-state index in [2.05, 4.69) is 47.4 Å². The summed E-state index contributed by atoms with van der Waals surface area (Å²) >= 11 is 0. The van der Waals surface area contributed by atoms with Crippen LogP contribution in [0.4, 0.5) is 0 Å². The van der Waals surface area contributed by atoms with Crippen molar-refractivity contribution >= 4 is 22.7 Å². The van der Waals surface area contributed by atoms with Gasteiger partial charge in [0.25, 0.3) is 0 Å². The number of carboxylic acids is 2. The lowest BCUT2D eigenvalue weighted by Gasteiger charge is -2.16. The Labute approximate surface area is 128 Å². The summed E-state index contributed by atoms with van der Waals surface area (Å²) in [5.41, 5.74) is 1.47. The normalized spacial score (nSPS) is 14.4. The molecular formula is C17H19NO4. The van der Waals surface area contributed by atoms with Crippen molar-refractivity contribution in [3.05, 3.63) is 48.0 Å². The second-order valence-corrected chi connectivity index (χ2v) is 5.23. The van der Waals surface area contributed by atoms with Gasteiger partial charge in [0.15, 0.2) is 0 Å². The van der Waals surface area contributed by atoms with Crippen LogP contribution in [0.5, 0.6) is 0 Å². The molecule has 0 saturated carbocycles. The van der Waals surface area contributed by atoms with Crippen molar-refractivity contribution in [1.29, 1.82) is 0 Å². The highest BCUT2D eigenvalue weighted by molar-refractivity contribution is 6.27. The first-order valence-electron chi connectivity index (χ1n) is 7.23. The van der Waals surface area contributed by atoms with Crippen molar-refractivity contribution in [3.63, 3.8) is 0 Å². The van der Waals surface area contributed by atoms with Gasteiger partial charge in [-0.15, -0.1) is 0 Å². The molecule has 2 aromatic carbocycles. The van der Waals surface area contributed by atoms with Crippen LogP contribution < -0.4 is 0 Å². The quantitative estimate of drug-likeness (QED) is 0.834. The average molecular weight is 301 g/mol. The number of aliphatic carboxylic acids is 2. The number of benzene rings is 2. The predicted molar refractivity (Wildman–Crippen MR) is 83.7 cm³/mol. The molecular weight excluding hydrogens is 282 g/mol. The molecule has 2 N–H and O–H groups in total. The Morgan fingerprint density at radius 3 is 2.14 bits per heavy atom. The average Bonchev–Trinajstić information content (AvgIpc) is 3.01. The molecule has 5 heteroatoms. The monoisotopic (exact) mass is 301 g/mol. The van der Waals surface area contributed by atoms with Gasteiger partial charge in [-0.1, -0.05) is 42.5 Å². The van der Waals surface area contributed by atoms with Crippen LogP contribution in [0.2, 0.25) is 0 Å². The molecule has 1 fully saturated rings. The Balaban J connectivity index is 0.000000254. The number of carboxylic acid groups (broad SMARTS) is 2. The van der Waals surface area contributed by atoms with Gasteiger partial charge in [0.1, 0.15) is 0 Å². The van der Waals surface area contributed by atoms with E-state index in [0.717, 1.165) is 6.54 Å². The minimum Gasteiger partial charge on any atom is -0.473 e. The van der Waals surface area contributed by atoms with Crippen LogP contribution in [0, 0.1) is 0 Å². The number of nitrogens with zero attached hydrogens (tertiary/aromatic N) is 1. The summed E-state index contributed by atoms with van der Waals surface area (Å²) in [5.74, 6) is -3.65. The molecule has 3 rings (SSSR count). The van der Waals surface area contributed by atoms with E-state index < -0.39 is 11.9 Å². The van der Waals surface area contributed by atoms with Crippen molar-refractivity contribution in [3.8, 4) is 0 Å². The fraction of sp³-hybridized carbons (Fsp3) is 0.294. The molecule has 0 radical (unpaired) electrons. The zero-order chi connectivity index (χ0) is 15.9. The third kappa shape index (κ3) is 4.30. The van der Waals surface area contributed by atoms with Crippen molar-refractivity contribution in [1.82, 2.24) is 4.90 Å². The van der Waals surface area contributed by atoms with Crippen molar-refractivity contribution < 1.29 is 19.8 Å². The maximum Gasteiger partial charge on any atom is 0.414 e. The Morgan fingerprint density at radius 1 is 0.909 bits per heavy atom. The van der Waals surface area contributed by atoms with E-state index in [0.29, 0.717) is 0 Å². The Morgan fingerprint density at radius 2 is 1.50 bits per heavy atom. The molecule has 1 saturated heterocycles. The first-order valence-corrected chi connectivity index (χ1v) is 7.23. The number of rotatable bonds is 2. The van der Waals surface area contributed by atoms with Gasteiger partial charge in [0.2, 0.25) is 0 Å². The summed E-state index contributed by atoms with van der Waals surface area (Å²) in [4.78, 5) is 20.8. The van der Waals surface area contributed by atoms with Crippen LogP contribution in [0.25, 0.3) is 10.8 Å². The Kier molecular flexibility index (Phi) is 5.49. The molecule has 0 atom stereocenters. The highest BCUT2D eigenvalue weighted by Crippen LogP contribution is 2.21. The maximum atomic E-state index is 9.10. The molecule has 116 valence electrons. The van der Waals surface area contributed by atoms with Crippen LogP contribution in [0.15, 0.2) is 42.5 Å². The van der Waals surface area contributed by atoms with Crippen LogP contribution in [0.1, 0.15) is 18.4 Å². The van der Waals surface area contributed by atoms with Crippen LogP contribution in [-0.4, -0.2) is 40.1 Å². The highest BCUT2D eigenvalue weighted by Gasteiger charge is 2.12. The lowest BCUT2D eigenvalue weighted by atomic mass is 10.0. The third-order valence-electron chi connectivity index (χ3n) is 3.66.